The van der Waals surface area contributed by atoms with Gasteiger partial charge in [0.2, 0.25) is 0 Å². The van der Waals surface area contributed by atoms with Crippen LogP contribution in [0, 0.1) is 19.8 Å². The summed E-state index contributed by atoms with van der Waals surface area (Å²) in [5, 5.41) is 6.92. The number of hydrogen-bond acceptors (Lipinski definition) is 4. The van der Waals surface area contributed by atoms with Crippen LogP contribution in [0.1, 0.15) is 46.6 Å². The number of rotatable bonds is 6. The van der Waals surface area contributed by atoms with E-state index in [9.17, 15) is 4.79 Å². The van der Waals surface area contributed by atoms with Crippen LogP contribution in [0.2, 0.25) is 0 Å². The summed E-state index contributed by atoms with van der Waals surface area (Å²) in [7, 11) is 0. The second kappa shape index (κ2) is 6.86. The third-order valence-electron chi connectivity index (χ3n) is 4.46. The Balaban J connectivity index is 1.66. The maximum atomic E-state index is 12.4. The van der Waals surface area contributed by atoms with Crippen molar-refractivity contribution in [3.8, 4) is 5.75 Å². The van der Waals surface area contributed by atoms with Crippen LogP contribution in [-0.4, -0.2) is 17.6 Å². The molecule has 0 radical (unpaired) electrons. The lowest BCUT2D eigenvalue weighted by atomic mass is 9.85. The molecule has 1 amide bonds. The van der Waals surface area contributed by atoms with Crippen molar-refractivity contribution in [2.24, 2.45) is 5.92 Å². The Kier molecular flexibility index (Phi) is 4.65. The van der Waals surface area contributed by atoms with E-state index in [1.165, 1.54) is 19.3 Å². The molecule has 1 aliphatic carbocycles. The van der Waals surface area contributed by atoms with Crippen LogP contribution in [0.4, 0.5) is 0 Å². The van der Waals surface area contributed by atoms with E-state index in [0.717, 1.165) is 23.6 Å². The highest BCUT2D eigenvalue weighted by molar-refractivity contribution is 5.96. The Labute approximate surface area is 136 Å². The Morgan fingerprint density at radius 1 is 1.35 bits per heavy atom. The fraction of sp³-hybridized carbons (Fsp3) is 0.444. The summed E-state index contributed by atoms with van der Waals surface area (Å²) in [5.74, 6) is 1.88. The number of ether oxygens (including phenoxy) is 1. The highest BCUT2D eigenvalue weighted by atomic mass is 16.5. The molecule has 1 heterocycles. The van der Waals surface area contributed by atoms with Crippen molar-refractivity contribution in [3.05, 3.63) is 46.8 Å². The Morgan fingerprint density at radius 2 is 2.13 bits per heavy atom. The first-order valence-corrected chi connectivity index (χ1v) is 8.07. The average Bonchev–Trinajstić information content (AvgIpc) is 2.82. The van der Waals surface area contributed by atoms with Gasteiger partial charge >= 0.3 is 0 Å². The Hall–Kier alpha value is -2.30. The summed E-state index contributed by atoms with van der Waals surface area (Å²) in [4.78, 5) is 12.4. The van der Waals surface area contributed by atoms with Crippen LogP contribution in [0.5, 0.6) is 5.75 Å². The van der Waals surface area contributed by atoms with E-state index in [-0.39, 0.29) is 5.91 Å². The summed E-state index contributed by atoms with van der Waals surface area (Å²) in [6.45, 7) is 4.83. The van der Waals surface area contributed by atoms with E-state index >= 15 is 0 Å². The third-order valence-corrected chi connectivity index (χ3v) is 4.46. The quantitative estimate of drug-likeness (QED) is 0.887. The van der Waals surface area contributed by atoms with Crippen LogP contribution in [0.15, 0.2) is 28.8 Å². The van der Waals surface area contributed by atoms with E-state index in [1.54, 1.807) is 6.07 Å². The van der Waals surface area contributed by atoms with Gasteiger partial charge in [-0.3, -0.25) is 4.79 Å². The van der Waals surface area contributed by atoms with Crippen LogP contribution < -0.4 is 10.1 Å². The van der Waals surface area contributed by atoms with Gasteiger partial charge in [0.05, 0.1) is 16.8 Å². The number of amides is 1. The highest BCUT2D eigenvalue weighted by Gasteiger charge is 2.20. The molecule has 122 valence electrons. The van der Waals surface area contributed by atoms with Crippen LogP contribution in [0.25, 0.3) is 0 Å². The summed E-state index contributed by atoms with van der Waals surface area (Å²) in [6.07, 6.45) is 3.70. The van der Waals surface area contributed by atoms with E-state index < -0.39 is 0 Å². The predicted molar refractivity (Wildman–Crippen MR) is 86.4 cm³/mol. The number of para-hydroxylation sites is 1. The average molecular weight is 314 g/mol. The number of aromatic nitrogens is 1. The van der Waals surface area contributed by atoms with Crippen molar-refractivity contribution in [2.75, 3.05) is 6.54 Å². The molecule has 1 aromatic heterocycles. The molecule has 5 heteroatoms. The minimum atomic E-state index is -0.0775. The van der Waals surface area contributed by atoms with Crippen molar-refractivity contribution < 1.29 is 14.1 Å². The van der Waals surface area contributed by atoms with Gasteiger partial charge in [0.1, 0.15) is 18.1 Å². The van der Waals surface area contributed by atoms with Gasteiger partial charge < -0.3 is 14.6 Å². The lowest BCUT2D eigenvalue weighted by molar-refractivity contribution is 0.0934. The third kappa shape index (κ3) is 3.55. The van der Waals surface area contributed by atoms with E-state index in [2.05, 4.69) is 10.5 Å². The second-order valence-corrected chi connectivity index (χ2v) is 6.09. The van der Waals surface area contributed by atoms with Crippen molar-refractivity contribution in [2.45, 2.75) is 39.7 Å². The summed E-state index contributed by atoms with van der Waals surface area (Å²) < 4.78 is 11.0. The minimum Gasteiger partial charge on any atom is -0.488 e. The molecule has 5 nitrogen and oxygen atoms in total. The van der Waals surface area contributed by atoms with Crippen molar-refractivity contribution in [1.82, 2.24) is 10.5 Å². The molecule has 0 aliphatic heterocycles. The second-order valence-electron chi connectivity index (χ2n) is 6.09. The molecule has 3 rings (SSSR count). The van der Waals surface area contributed by atoms with Gasteiger partial charge in [0.25, 0.3) is 5.91 Å². The molecule has 1 fully saturated rings. The number of nitrogens with zero attached hydrogens (tertiary/aromatic N) is 1. The van der Waals surface area contributed by atoms with E-state index in [4.69, 9.17) is 9.26 Å². The fourth-order valence-corrected chi connectivity index (χ4v) is 2.67. The predicted octanol–water partition coefficient (Wildman–Crippen LogP) is 3.40. The molecule has 1 aliphatic rings. The molecule has 23 heavy (non-hydrogen) atoms. The first-order valence-electron chi connectivity index (χ1n) is 8.07. The van der Waals surface area contributed by atoms with E-state index in [0.29, 0.717) is 23.8 Å². The molecule has 2 aromatic rings. The number of nitrogens with one attached hydrogen (secondary N) is 1. The number of carbonyl (C=O) groups excluding carboxylic acids is 1. The van der Waals surface area contributed by atoms with Gasteiger partial charge in [-0.05, 0) is 44.7 Å². The first kappa shape index (κ1) is 15.6. The van der Waals surface area contributed by atoms with Crippen molar-refractivity contribution in [3.63, 3.8) is 0 Å². The Morgan fingerprint density at radius 3 is 2.78 bits per heavy atom. The van der Waals surface area contributed by atoms with Gasteiger partial charge in [-0.2, -0.15) is 0 Å². The fourth-order valence-electron chi connectivity index (χ4n) is 2.67. The van der Waals surface area contributed by atoms with Gasteiger partial charge in [0.15, 0.2) is 0 Å². The van der Waals surface area contributed by atoms with Gasteiger partial charge in [-0.25, -0.2) is 0 Å². The summed E-state index contributed by atoms with van der Waals surface area (Å²) >= 11 is 0. The van der Waals surface area contributed by atoms with Gasteiger partial charge in [0, 0.05) is 6.54 Å². The van der Waals surface area contributed by atoms with Crippen LogP contribution >= 0.6 is 0 Å². The summed E-state index contributed by atoms with van der Waals surface area (Å²) in [5.41, 5.74) is 2.31. The molecule has 1 aromatic carbocycles. The molecule has 0 spiro atoms. The maximum absolute atomic E-state index is 12.4. The lowest BCUT2D eigenvalue weighted by Crippen LogP contribution is -2.32. The number of aryl methyl sites for hydroxylation is 2. The smallest absolute Gasteiger partial charge is 0.255 e. The zero-order valence-corrected chi connectivity index (χ0v) is 13.6. The Bertz CT molecular complexity index is 670. The summed E-state index contributed by atoms with van der Waals surface area (Å²) in [6, 6.07) is 7.32. The normalized spacial score (nSPS) is 14.3. The lowest BCUT2D eigenvalue weighted by Gasteiger charge is -2.25. The zero-order valence-electron chi connectivity index (χ0n) is 13.6. The van der Waals surface area contributed by atoms with Gasteiger partial charge in [-0.15, -0.1) is 0 Å². The molecule has 1 saturated carbocycles. The van der Waals surface area contributed by atoms with Crippen molar-refractivity contribution >= 4 is 5.91 Å². The van der Waals surface area contributed by atoms with Crippen LogP contribution in [0.3, 0.4) is 0 Å². The van der Waals surface area contributed by atoms with Gasteiger partial charge in [-0.1, -0.05) is 23.7 Å². The van der Waals surface area contributed by atoms with Crippen molar-refractivity contribution in [1.29, 1.82) is 0 Å². The number of hydrogen-bond donors (Lipinski definition) is 1. The highest BCUT2D eigenvalue weighted by Crippen LogP contribution is 2.26. The SMILES string of the molecule is Cc1noc(C)c1COc1ccccc1C(=O)NCC1CCC1. The number of carbonyl (C=O) groups is 1. The largest absolute Gasteiger partial charge is 0.488 e. The monoisotopic (exact) mass is 314 g/mol. The number of benzene rings is 1. The van der Waals surface area contributed by atoms with E-state index in [1.807, 2.05) is 32.0 Å². The topological polar surface area (TPSA) is 64.4 Å². The molecule has 0 bridgehead atoms. The molecular weight excluding hydrogens is 292 g/mol. The first-order chi connectivity index (χ1) is 11.1. The molecule has 1 N–H and O–H groups in total. The van der Waals surface area contributed by atoms with Crippen LogP contribution in [-0.2, 0) is 6.61 Å². The maximum Gasteiger partial charge on any atom is 0.255 e. The minimum absolute atomic E-state index is 0.0775. The molecular formula is C18H22N2O3. The molecule has 0 saturated heterocycles. The zero-order chi connectivity index (χ0) is 16.2. The molecule has 0 atom stereocenters. The molecule has 0 unspecified atom stereocenters. The standard InChI is InChI=1S/C18H22N2O3/c1-12-16(13(2)23-20-12)11-22-17-9-4-3-8-15(17)18(21)19-10-14-6-5-7-14/h3-4,8-9,14H,5-7,10-11H2,1-2H3,(H,19,21).